The minimum atomic E-state index is 0. The van der Waals surface area contributed by atoms with Gasteiger partial charge < -0.3 is 10.2 Å². The van der Waals surface area contributed by atoms with E-state index in [4.69, 9.17) is 0 Å². The zero-order valence-corrected chi connectivity index (χ0v) is 14.7. The molecule has 2 aliphatic heterocycles. The Hall–Kier alpha value is -1.82. The largest absolute Gasteiger partial charge is 0.369 e. The Kier molecular flexibility index (Phi) is 6.04. The highest BCUT2D eigenvalue weighted by molar-refractivity contribution is 5.99. The van der Waals surface area contributed by atoms with Gasteiger partial charge in [-0.05, 0) is 18.2 Å². The maximum atomic E-state index is 12.0. The average Bonchev–Trinajstić information content (AvgIpc) is 2.93. The molecular weight excluding hydrogens is 347 g/mol. The summed E-state index contributed by atoms with van der Waals surface area (Å²) in [5.41, 5.74) is 3.12. The van der Waals surface area contributed by atoms with Crippen molar-refractivity contribution in [3.63, 3.8) is 0 Å². The van der Waals surface area contributed by atoms with Gasteiger partial charge in [0.2, 0.25) is 0 Å². The molecule has 0 bridgehead atoms. The van der Waals surface area contributed by atoms with Crippen molar-refractivity contribution in [3.8, 4) is 0 Å². The Morgan fingerprint density at radius 2 is 1.62 bits per heavy atom. The first-order valence-electron chi connectivity index (χ1n) is 7.62. The van der Waals surface area contributed by atoms with Gasteiger partial charge in [-0.15, -0.1) is 24.8 Å². The van der Waals surface area contributed by atoms with Gasteiger partial charge in [-0.25, -0.2) is 0 Å². The number of pyridine rings is 1. The van der Waals surface area contributed by atoms with E-state index < -0.39 is 0 Å². The van der Waals surface area contributed by atoms with Crippen molar-refractivity contribution < 1.29 is 4.79 Å². The van der Waals surface area contributed by atoms with E-state index in [1.54, 1.807) is 0 Å². The van der Waals surface area contributed by atoms with E-state index >= 15 is 0 Å². The normalized spacial score (nSPS) is 19.8. The molecule has 1 aromatic carbocycles. The number of fused-ring (bicyclic) bond motifs is 1. The first-order valence-corrected chi connectivity index (χ1v) is 7.62. The number of carbonyl (C=O) groups is 1. The predicted molar refractivity (Wildman–Crippen MR) is 99.2 cm³/mol. The number of amides is 1. The van der Waals surface area contributed by atoms with E-state index in [1.165, 1.54) is 5.69 Å². The summed E-state index contributed by atoms with van der Waals surface area (Å²) in [5.74, 6) is 0.0390. The number of benzene rings is 1. The van der Waals surface area contributed by atoms with Crippen LogP contribution in [0.15, 0.2) is 48.8 Å². The number of piperazine rings is 1. The number of halogens is 2. The molecule has 0 radical (unpaired) electrons. The first-order chi connectivity index (χ1) is 10.8. The third-order valence-electron chi connectivity index (χ3n) is 4.48. The molecule has 5 nitrogen and oxygen atoms in total. The molecule has 3 heterocycles. The Balaban J connectivity index is 0.00000104. The number of anilines is 1. The molecule has 0 saturated carbocycles. The molecular formula is C17H20Cl2N4O. The maximum absolute atomic E-state index is 12.0. The van der Waals surface area contributed by atoms with Gasteiger partial charge in [0.25, 0.3) is 5.91 Å². The Labute approximate surface area is 153 Å². The lowest BCUT2D eigenvalue weighted by Crippen LogP contribution is -2.50. The molecule has 0 spiro atoms. The average molecular weight is 367 g/mol. The summed E-state index contributed by atoms with van der Waals surface area (Å²) in [6.45, 7) is 3.78. The van der Waals surface area contributed by atoms with Gasteiger partial charge in [0.05, 0.1) is 0 Å². The second kappa shape index (κ2) is 7.83. The second-order valence-electron chi connectivity index (χ2n) is 5.69. The lowest BCUT2D eigenvalue weighted by molar-refractivity contribution is 0.0887. The summed E-state index contributed by atoms with van der Waals surface area (Å²) in [6.07, 6.45) is 3.67. The van der Waals surface area contributed by atoms with Crippen LogP contribution in [0.25, 0.3) is 0 Å². The van der Waals surface area contributed by atoms with Crippen LogP contribution >= 0.6 is 24.8 Å². The van der Waals surface area contributed by atoms with E-state index in [-0.39, 0.29) is 36.9 Å². The van der Waals surface area contributed by atoms with Crippen LogP contribution in [0, 0.1) is 0 Å². The van der Waals surface area contributed by atoms with Gasteiger partial charge in [0.15, 0.2) is 0 Å². The standard InChI is InChI=1S/C17H18N4O.2ClH/c22-17-15-4-2-1-3-14(15)16(19-17)21-11-9-20(10-12-21)13-5-7-18-8-6-13;;/h1-8,16H,9-12H2,(H,19,22);2*1H. The highest BCUT2D eigenvalue weighted by atomic mass is 35.5. The third-order valence-corrected chi connectivity index (χ3v) is 4.48. The van der Waals surface area contributed by atoms with Crippen LogP contribution in [-0.2, 0) is 0 Å². The lowest BCUT2D eigenvalue weighted by atomic mass is 10.1. The van der Waals surface area contributed by atoms with Crippen molar-refractivity contribution in [2.24, 2.45) is 0 Å². The molecule has 4 rings (SSSR count). The van der Waals surface area contributed by atoms with E-state index in [0.717, 1.165) is 37.3 Å². The smallest absolute Gasteiger partial charge is 0.253 e. The summed E-state index contributed by atoms with van der Waals surface area (Å²) in [4.78, 5) is 20.8. The number of carbonyl (C=O) groups excluding carboxylic acids is 1. The van der Waals surface area contributed by atoms with Crippen LogP contribution in [-0.4, -0.2) is 42.0 Å². The van der Waals surface area contributed by atoms with Crippen molar-refractivity contribution in [1.82, 2.24) is 15.2 Å². The SMILES string of the molecule is Cl.Cl.O=C1NC(N2CCN(c3ccncc3)CC2)c2ccccc21. The molecule has 2 aliphatic rings. The Bertz CT molecular complexity index is 690. The van der Waals surface area contributed by atoms with Gasteiger partial charge in [0, 0.05) is 55.4 Å². The topological polar surface area (TPSA) is 48.5 Å². The van der Waals surface area contributed by atoms with E-state index in [9.17, 15) is 4.79 Å². The Morgan fingerprint density at radius 3 is 2.33 bits per heavy atom. The molecule has 1 atom stereocenters. The molecule has 2 aromatic rings. The number of hydrogen-bond acceptors (Lipinski definition) is 4. The van der Waals surface area contributed by atoms with E-state index in [0.29, 0.717) is 0 Å². The molecule has 1 fully saturated rings. The van der Waals surface area contributed by atoms with Crippen molar-refractivity contribution in [1.29, 1.82) is 0 Å². The van der Waals surface area contributed by atoms with Crippen molar-refractivity contribution in [2.45, 2.75) is 6.17 Å². The highest BCUT2D eigenvalue weighted by Gasteiger charge is 2.33. The van der Waals surface area contributed by atoms with Crippen molar-refractivity contribution in [2.75, 3.05) is 31.1 Å². The van der Waals surface area contributed by atoms with Crippen molar-refractivity contribution in [3.05, 3.63) is 59.9 Å². The molecule has 1 N–H and O–H groups in total. The van der Waals surface area contributed by atoms with Crippen LogP contribution in [0.5, 0.6) is 0 Å². The van der Waals surface area contributed by atoms with Crippen LogP contribution in [0.2, 0.25) is 0 Å². The van der Waals surface area contributed by atoms with Crippen molar-refractivity contribution >= 4 is 36.4 Å². The quantitative estimate of drug-likeness (QED) is 0.886. The number of nitrogens with zero attached hydrogens (tertiary/aromatic N) is 3. The lowest BCUT2D eigenvalue weighted by Gasteiger charge is -2.39. The molecule has 24 heavy (non-hydrogen) atoms. The summed E-state index contributed by atoms with van der Waals surface area (Å²) in [7, 11) is 0. The highest BCUT2D eigenvalue weighted by Crippen LogP contribution is 2.29. The van der Waals surface area contributed by atoms with Crippen LogP contribution < -0.4 is 10.2 Å². The zero-order valence-electron chi connectivity index (χ0n) is 13.1. The minimum Gasteiger partial charge on any atom is -0.369 e. The maximum Gasteiger partial charge on any atom is 0.253 e. The molecule has 7 heteroatoms. The number of aromatic nitrogens is 1. The predicted octanol–water partition coefficient (Wildman–Crippen LogP) is 2.49. The fraction of sp³-hybridized carbons (Fsp3) is 0.294. The van der Waals surface area contributed by atoms with Gasteiger partial charge in [0.1, 0.15) is 6.17 Å². The number of hydrogen-bond donors (Lipinski definition) is 1. The fourth-order valence-electron chi connectivity index (χ4n) is 3.30. The van der Waals surface area contributed by atoms with Crippen LogP contribution in [0.3, 0.4) is 0 Å². The molecule has 0 aliphatic carbocycles. The van der Waals surface area contributed by atoms with Crippen LogP contribution in [0.4, 0.5) is 5.69 Å². The fourth-order valence-corrected chi connectivity index (χ4v) is 3.30. The monoisotopic (exact) mass is 366 g/mol. The minimum absolute atomic E-state index is 0. The number of rotatable bonds is 2. The molecule has 1 amide bonds. The van der Waals surface area contributed by atoms with Gasteiger partial charge >= 0.3 is 0 Å². The molecule has 1 unspecified atom stereocenters. The molecule has 1 saturated heterocycles. The van der Waals surface area contributed by atoms with E-state index in [1.807, 2.05) is 48.8 Å². The molecule has 128 valence electrons. The first kappa shape index (κ1) is 18.5. The third kappa shape index (κ3) is 3.34. The van der Waals surface area contributed by atoms with Gasteiger partial charge in [-0.2, -0.15) is 0 Å². The summed E-state index contributed by atoms with van der Waals surface area (Å²) in [5, 5.41) is 3.10. The summed E-state index contributed by atoms with van der Waals surface area (Å²) >= 11 is 0. The Morgan fingerprint density at radius 1 is 0.958 bits per heavy atom. The molecule has 1 aromatic heterocycles. The zero-order chi connectivity index (χ0) is 14.9. The number of nitrogens with one attached hydrogen (secondary N) is 1. The summed E-state index contributed by atoms with van der Waals surface area (Å²) < 4.78 is 0. The van der Waals surface area contributed by atoms with Gasteiger partial charge in [-0.3, -0.25) is 14.7 Å². The van der Waals surface area contributed by atoms with Crippen LogP contribution in [0.1, 0.15) is 22.1 Å². The second-order valence-corrected chi connectivity index (χ2v) is 5.69. The summed E-state index contributed by atoms with van der Waals surface area (Å²) in [6, 6.07) is 12.0. The van der Waals surface area contributed by atoms with Gasteiger partial charge in [-0.1, -0.05) is 18.2 Å². The van der Waals surface area contributed by atoms with E-state index in [2.05, 4.69) is 20.1 Å².